The first-order valence-electron chi connectivity index (χ1n) is 6.17. The predicted octanol–water partition coefficient (Wildman–Crippen LogP) is 2.86. The lowest BCUT2D eigenvalue weighted by Crippen LogP contribution is -2.41. The van der Waals surface area contributed by atoms with Gasteiger partial charge in [-0.25, -0.2) is 9.78 Å². The first-order chi connectivity index (χ1) is 8.90. The fourth-order valence-corrected chi connectivity index (χ4v) is 1.73. The number of nitrogens with zero attached hydrogens (tertiary/aromatic N) is 2. The van der Waals surface area contributed by atoms with Crippen LogP contribution in [0.2, 0.25) is 0 Å². The standard InChI is InChI=1S/C14H18N2O3/c1-5-10-6-7-11-12(15-10)18-9-8-16(11)13(17)19-14(2,3)4/h5-7H,1,8-9H2,2-4H3. The van der Waals surface area contributed by atoms with Gasteiger partial charge in [0.2, 0.25) is 5.88 Å². The maximum atomic E-state index is 12.1. The zero-order valence-electron chi connectivity index (χ0n) is 11.5. The second-order valence-electron chi connectivity index (χ2n) is 5.24. The molecule has 0 saturated heterocycles. The van der Waals surface area contributed by atoms with E-state index < -0.39 is 5.60 Å². The molecule has 0 aromatic carbocycles. The van der Waals surface area contributed by atoms with E-state index in [1.165, 1.54) is 0 Å². The third-order valence-electron chi connectivity index (χ3n) is 2.53. The van der Waals surface area contributed by atoms with Gasteiger partial charge in [0.25, 0.3) is 0 Å². The summed E-state index contributed by atoms with van der Waals surface area (Å²) in [6.07, 6.45) is 1.25. The Morgan fingerprint density at radius 1 is 1.53 bits per heavy atom. The van der Waals surface area contributed by atoms with E-state index in [2.05, 4.69) is 11.6 Å². The van der Waals surface area contributed by atoms with Crippen molar-refractivity contribution in [3.8, 4) is 5.88 Å². The minimum Gasteiger partial charge on any atom is -0.474 e. The molecule has 0 fully saturated rings. The maximum absolute atomic E-state index is 12.1. The summed E-state index contributed by atoms with van der Waals surface area (Å²) in [6, 6.07) is 3.58. The number of ether oxygens (including phenoxy) is 2. The van der Waals surface area contributed by atoms with Crippen LogP contribution in [0.15, 0.2) is 18.7 Å². The molecule has 102 valence electrons. The predicted molar refractivity (Wildman–Crippen MR) is 73.4 cm³/mol. The molecule has 5 nitrogen and oxygen atoms in total. The van der Waals surface area contributed by atoms with Crippen LogP contribution in [0.4, 0.5) is 10.5 Å². The third-order valence-corrected chi connectivity index (χ3v) is 2.53. The fraction of sp³-hybridized carbons (Fsp3) is 0.429. The van der Waals surface area contributed by atoms with Crippen molar-refractivity contribution in [1.82, 2.24) is 4.98 Å². The van der Waals surface area contributed by atoms with E-state index in [1.807, 2.05) is 20.8 Å². The average molecular weight is 262 g/mol. The summed E-state index contributed by atoms with van der Waals surface area (Å²) in [5.74, 6) is 0.439. The molecule has 0 bridgehead atoms. The molecule has 0 unspecified atom stereocenters. The van der Waals surface area contributed by atoms with Gasteiger partial charge in [0, 0.05) is 0 Å². The molecule has 1 aromatic heterocycles. The smallest absolute Gasteiger partial charge is 0.415 e. The molecule has 0 aliphatic carbocycles. The zero-order valence-corrected chi connectivity index (χ0v) is 11.5. The highest BCUT2D eigenvalue weighted by atomic mass is 16.6. The monoisotopic (exact) mass is 262 g/mol. The van der Waals surface area contributed by atoms with Crippen molar-refractivity contribution < 1.29 is 14.3 Å². The van der Waals surface area contributed by atoms with Crippen LogP contribution < -0.4 is 9.64 Å². The van der Waals surface area contributed by atoms with Crippen LogP contribution in [0.3, 0.4) is 0 Å². The average Bonchev–Trinajstić information content (AvgIpc) is 2.35. The van der Waals surface area contributed by atoms with E-state index in [-0.39, 0.29) is 6.09 Å². The molecule has 0 atom stereocenters. The molecule has 0 spiro atoms. The number of rotatable bonds is 1. The summed E-state index contributed by atoms with van der Waals surface area (Å²) in [4.78, 5) is 17.9. The third kappa shape index (κ3) is 3.05. The molecule has 0 radical (unpaired) electrons. The summed E-state index contributed by atoms with van der Waals surface area (Å²) in [7, 11) is 0. The van der Waals surface area contributed by atoms with Gasteiger partial charge in [0.1, 0.15) is 17.9 Å². The number of hydrogen-bond acceptors (Lipinski definition) is 4. The second-order valence-corrected chi connectivity index (χ2v) is 5.24. The highest BCUT2D eigenvalue weighted by Crippen LogP contribution is 2.31. The van der Waals surface area contributed by atoms with Crippen molar-refractivity contribution in [3.05, 3.63) is 24.4 Å². The van der Waals surface area contributed by atoms with Crippen LogP contribution in [0.25, 0.3) is 6.08 Å². The summed E-state index contributed by atoms with van der Waals surface area (Å²) in [6.45, 7) is 10.0. The summed E-state index contributed by atoms with van der Waals surface area (Å²) in [5.41, 5.74) is 0.820. The largest absolute Gasteiger partial charge is 0.474 e. The van der Waals surface area contributed by atoms with E-state index >= 15 is 0 Å². The van der Waals surface area contributed by atoms with Gasteiger partial charge in [-0.2, -0.15) is 0 Å². The molecule has 1 aliphatic heterocycles. The summed E-state index contributed by atoms with van der Waals surface area (Å²) in [5, 5.41) is 0. The van der Waals surface area contributed by atoms with Gasteiger partial charge in [-0.3, -0.25) is 4.90 Å². The lowest BCUT2D eigenvalue weighted by Gasteiger charge is -2.31. The van der Waals surface area contributed by atoms with Crippen molar-refractivity contribution in [1.29, 1.82) is 0 Å². The minimum atomic E-state index is -0.524. The van der Waals surface area contributed by atoms with E-state index in [1.54, 1.807) is 23.1 Å². The Bertz CT molecular complexity index is 506. The first-order valence-corrected chi connectivity index (χ1v) is 6.17. The van der Waals surface area contributed by atoms with Gasteiger partial charge in [0.15, 0.2) is 0 Å². The quantitative estimate of drug-likeness (QED) is 0.781. The van der Waals surface area contributed by atoms with Gasteiger partial charge in [-0.1, -0.05) is 6.58 Å². The second kappa shape index (κ2) is 4.91. The van der Waals surface area contributed by atoms with Gasteiger partial charge in [-0.05, 0) is 39.0 Å². The molecule has 0 saturated carbocycles. The Morgan fingerprint density at radius 3 is 2.89 bits per heavy atom. The Hall–Kier alpha value is -2.04. The van der Waals surface area contributed by atoms with Crippen molar-refractivity contribution in [3.63, 3.8) is 0 Å². The number of hydrogen-bond donors (Lipinski definition) is 0. The lowest BCUT2D eigenvalue weighted by atomic mass is 10.2. The Kier molecular flexibility index (Phi) is 3.46. The number of fused-ring (bicyclic) bond motifs is 1. The fourth-order valence-electron chi connectivity index (χ4n) is 1.73. The van der Waals surface area contributed by atoms with Crippen molar-refractivity contribution in [2.24, 2.45) is 0 Å². The van der Waals surface area contributed by atoms with Crippen molar-refractivity contribution in [2.75, 3.05) is 18.1 Å². The number of carbonyl (C=O) groups excluding carboxylic acids is 1. The van der Waals surface area contributed by atoms with Crippen LogP contribution >= 0.6 is 0 Å². The van der Waals surface area contributed by atoms with Crippen LogP contribution in [-0.4, -0.2) is 29.8 Å². The number of carbonyl (C=O) groups is 1. The van der Waals surface area contributed by atoms with Gasteiger partial charge in [-0.15, -0.1) is 0 Å². The molecule has 1 aliphatic rings. The lowest BCUT2D eigenvalue weighted by molar-refractivity contribution is 0.0566. The maximum Gasteiger partial charge on any atom is 0.415 e. The SMILES string of the molecule is C=Cc1ccc2c(n1)OCCN2C(=O)OC(C)(C)C. The Balaban J connectivity index is 2.27. The molecule has 1 amide bonds. The van der Waals surface area contributed by atoms with E-state index in [0.29, 0.717) is 30.4 Å². The first kappa shape index (κ1) is 13.4. The molecule has 2 rings (SSSR count). The van der Waals surface area contributed by atoms with Crippen LogP contribution in [0.1, 0.15) is 26.5 Å². The Labute approximate surface area is 112 Å². The van der Waals surface area contributed by atoms with Crippen LogP contribution in [0, 0.1) is 0 Å². The van der Waals surface area contributed by atoms with E-state index in [0.717, 1.165) is 0 Å². The number of anilines is 1. The summed E-state index contributed by atoms with van der Waals surface area (Å²) < 4.78 is 10.8. The number of pyridine rings is 1. The number of aromatic nitrogens is 1. The minimum absolute atomic E-state index is 0.384. The molecular weight excluding hydrogens is 244 g/mol. The molecule has 5 heteroatoms. The molecular formula is C14H18N2O3. The molecule has 0 N–H and O–H groups in total. The van der Waals surface area contributed by atoms with Gasteiger partial charge in [0.05, 0.1) is 12.2 Å². The highest BCUT2D eigenvalue weighted by molar-refractivity contribution is 5.90. The normalized spacial score (nSPS) is 14.4. The summed E-state index contributed by atoms with van der Waals surface area (Å²) >= 11 is 0. The van der Waals surface area contributed by atoms with E-state index in [9.17, 15) is 4.79 Å². The molecule has 1 aromatic rings. The Morgan fingerprint density at radius 2 is 2.26 bits per heavy atom. The van der Waals surface area contributed by atoms with Crippen LogP contribution in [0.5, 0.6) is 5.88 Å². The molecule has 2 heterocycles. The van der Waals surface area contributed by atoms with Gasteiger partial charge < -0.3 is 9.47 Å². The van der Waals surface area contributed by atoms with Gasteiger partial charge >= 0.3 is 6.09 Å². The number of amides is 1. The van der Waals surface area contributed by atoms with Crippen molar-refractivity contribution in [2.45, 2.75) is 26.4 Å². The topological polar surface area (TPSA) is 51.7 Å². The van der Waals surface area contributed by atoms with Crippen LogP contribution in [-0.2, 0) is 4.74 Å². The zero-order chi connectivity index (χ0) is 14.0. The van der Waals surface area contributed by atoms with Crippen molar-refractivity contribution >= 4 is 17.9 Å². The highest BCUT2D eigenvalue weighted by Gasteiger charge is 2.28. The molecule has 19 heavy (non-hydrogen) atoms. The van der Waals surface area contributed by atoms with E-state index in [4.69, 9.17) is 9.47 Å².